The molecule has 0 radical (unpaired) electrons. The number of nitrogens with zero attached hydrogens (tertiary/aromatic N) is 1. The number of hydrogen-bond acceptors (Lipinski definition) is 4. The molecule has 9 heteroatoms. The minimum absolute atomic E-state index is 0.0280. The number of benzene rings is 3. The second-order valence-electron chi connectivity index (χ2n) is 11.1. The highest BCUT2D eigenvalue weighted by molar-refractivity contribution is 6.37. The predicted octanol–water partition coefficient (Wildman–Crippen LogP) is 6.53. The molecule has 3 amide bonds. The van der Waals surface area contributed by atoms with E-state index in [1.807, 2.05) is 31.2 Å². The minimum atomic E-state index is -0.599. The summed E-state index contributed by atoms with van der Waals surface area (Å²) in [6.07, 6.45) is 4.38. The summed E-state index contributed by atoms with van der Waals surface area (Å²) < 4.78 is 0. The van der Waals surface area contributed by atoms with E-state index in [4.69, 9.17) is 28.9 Å². The van der Waals surface area contributed by atoms with Crippen LogP contribution in [0.2, 0.25) is 10.0 Å². The van der Waals surface area contributed by atoms with Crippen LogP contribution in [0.1, 0.15) is 70.0 Å². The molecule has 0 spiro atoms. The molecule has 0 bridgehead atoms. The molecule has 3 aromatic carbocycles. The van der Waals surface area contributed by atoms with Crippen molar-refractivity contribution in [2.45, 2.75) is 45.1 Å². The Morgan fingerprint density at radius 1 is 1.02 bits per heavy atom. The molecule has 3 unspecified atom stereocenters. The molecule has 0 aromatic heterocycles. The van der Waals surface area contributed by atoms with Crippen molar-refractivity contribution in [1.82, 2.24) is 5.32 Å². The van der Waals surface area contributed by atoms with Gasteiger partial charge in [-0.15, -0.1) is 0 Å². The van der Waals surface area contributed by atoms with Crippen LogP contribution in [0.4, 0.5) is 11.4 Å². The third kappa shape index (κ3) is 6.58. The predicted molar refractivity (Wildman–Crippen MR) is 164 cm³/mol. The van der Waals surface area contributed by atoms with Crippen molar-refractivity contribution in [1.29, 1.82) is 0 Å². The molecule has 214 valence electrons. The zero-order chi connectivity index (χ0) is 29.1. The van der Waals surface area contributed by atoms with Gasteiger partial charge in [0, 0.05) is 17.1 Å². The summed E-state index contributed by atoms with van der Waals surface area (Å²) in [5, 5.41) is 6.61. The van der Waals surface area contributed by atoms with Crippen molar-refractivity contribution in [2.75, 3.05) is 23.3 Å². The van der Waals surface area contributed by atoms with E-state index < -0.39 is 6.04 Å². The molecule has 0 saturated heterocycles. The summed E-state index contributed by atoms with van der Waals surface area (Å²) in [6.45, 7) is 3.23. The van der Waals surface area contributed by atoms with Crippen molar-refractivity contribution in [3.8, 4) is 0 Å². The monoisotopic (exact) mass is 592 g/mol. The number of fused-ring (bicyclic) bond motifs is 1. The normalized spacial score (nSPS) is 20.5. The highest BCUT2D eigenvalue weighted by atomic mass is 35.5. The van der Waals surface area contributed by atoms with Crippen LogP contribution < -0.4 is 21.3 Å². The SMILES string of the molecule is Cc1ccc(C2CC(=O)Nc3cc(C(=O)NCC4CCCC(CN)C4)ccc3N2C(=O)c2ccc(Cl)cc2Cl)cc1. The maximum Gasteiger partial charge on any atom is 0.260 e. The van der Waals surface area contributed by atoms with E-state index in [1.54, 1.807) is 35.2 Å². The molecule has 4 N–H and O–H groups in total. The van der Waals surface area contributed by atoms with Crippen LogP contribution in [0.3, 0.4) is 0 Å². The smallest absolute Gasteiger partial charge is 0.260 e. The first kappa shape index (κ1) is 29.1. The number of hydrogen-bond donors (Lipinski definition) is 3. The van der Waals surface area contributed by atoms with Gasteiger partial charge in [-0.2, -0.15) is 0 Å². The van der Waals surface area contributed by atoms with Gasteiger partial charge in [0.2, 0.25) is 5.91 Å². The lowest BCUT2D eigenvalue weighted by atomic mass is 9.81. The third-order valence-electron chi connectivity index (χ3n) is 8.10. The first-order chi connectivity index (χ1) is 19.7. The van der Waals surface area contributed by atoms with Crippen molar-refractivity contribution in [3.05, 3.63) is 93.0 Å². The Morgan fingerprint density at radius 3 is 2.51 bits per heavy atom. The fourth-order valence-corrected chi connectivity index (χ4v) is 6.35. The molecule has 2 aliphatic rings. The number of carbonyl (C=O) groups excluding carboxylic acids is 3. The maximum absolute atomic E-state index is 14.1. The van der Waals surface area contributed by atoms with Crippen LogP contribution in [0.25, 0.3) is 0 Å². The van der Waals surface area contributed by atoms with E-state index in [0.29, 0.717) is 46.9 Å². The second-order valence-corrected chi connectivity index (χ2v) is 11.9. The van der Waals surface area contributed by atoms with Crippen LogP contribution in [0, 0.1) is 18.8 Å². The van der Waals surface area contributed by atoms with E-state index in [9.17, 15) is 14.4 Å². The van der Waals surface area contributed by atoms with Gasteiger partial charge < -0.3 is 16.4 Å². The number of nitrogens with one attached hydrogen (secondary N) is 2. The van der Waals surface area contributed by atoms with Crippen LogP contribution in [0.15, 0.2) is 60.7 Å². The van der Waals surface area contributed by atoms with Gasteiger partial charge in [0.15, 0.2) is 0 Å². The Morgan fingerprint density at radius 2 is 1.78 bits per heavy atom. The average molecular weight is 594 g/mol. The lowest BCUT2D eigenvalue weighted by Crippen LogP contribution is -2.35. The van der Waals surface area contributed by atoms with Gasteiger partial charge in [-0.3, -0.25) is 19.3 Å². The van der Waals surface area contributed by atoms with Crippen LogP contribution in [-0.2, 0) is 4.79 Å². The summed E-state index contributed by atoms with van der Waals surface area (Å²) in [5.41, 5.74) is 9.28. The quantitative estimate of drug-likeness (QED) is 0.303. The Balaban J connectivity index is 1.48. The van der Waals surface area contributed by atoms with Crippen LogP contribution in [-0.4, -0.2) is 30.8 Å². The lowest BCUT2D eigenvalue weighted by molar-refractivity contribution is -0.116. The van der Waals surface area contributed by atoms with Crippen molar-refractivity contribution >= 4 is 52.3 Å². The van der Waals surface area contributed by atoms with E-state index in [2.05, 4.69) is 10.6 Å². The second kappa shape index (κ2) is 12.6. The molecular formula is C32H34Cl2N4O3. The van der Waals surface area contributed by atoms with E-state index >= 15 is 0 Å². The number of amides is 3. The maximum atomic E-state index is 14.1. The zero-order valence-electron chi connectivity index (χ0n) is 23.0. The molecule has 3 atom stereocenters. The minimum Gasteiger partial charge on any atom is -0.352 e. The van der Waals surface area contributed by atoms with Crippen molar-refractivity contribution in [2.24, 2.45) is 17.6 Å². The Bertz CT molecular complexity index is 1460. The number of aryl methyl sites for hydroxylation is 1. The average Bonchev–Trinajstić information content (AvgIpc) is 3.11. The Kier molecular flexibility index (Phi) is 8.97. The number of carbonyl (C=O) groups is 3. The number of nitrogens with two attached hydrogens (primary N) is 1. The highest BCUT2D eigenvalue weighted by Crippen LogP contribution is 2.40. The van der Waals surface area contributed by atoms with Gasteiger partial charge in [0.05, 0.1) is 34.4 Å². The first-order valence-electron chi connectivity index (χ1n) is 14.0. The molecule has 7 nitrogen and oxygen atoms in total. The van der Waals surface area contributed by atoms with Crippen molar-refractivity contribution in [3.63, 3.8) is 0 Å². The van der Waals surface area contributed by atoms with Gasteiger partial charge >= 0.3 is 0 Å². The van der Waals surface area contributed by atoms with Crippen molar-refractivity contribution < 1.29 is 14.4 Å². The summed E-state index contributed by atoms with van der Waals surface area (Å²) in [7, 11) is 0. The van der Waals surface area contributed by atoms with Gasteiger partial charge in [-0.05, 0) is 86.5 Å². The molecule has 1 fully saturated rings. The van der Waals surface area contributed by atoms with Crippen LogP contribution >= 0.6 is 23.2 Å². The summed E-state index contributed by atoms with van der Waals surface area (Å²) in [6, 6.07) is 16.9. The van der Waals surface area contributed by atoms with E-state index in [1.165, 1.54) is 6.07 Å². The third-order valence-corrected chi connectivity index (χ3v) is 8.65. The molecule has 5 rings (SSSR count). The standard InChI is InChI=1S/C32H34Cl2N4O3/c1-19-5-7-22(8-6-19)29-16-30(39)37-27-14-23(31(40)36-18-21-4-2-3-20(13-21)17-35)9-12-28(27)38(29)32(41)25-11-10-24(33)15-26(25)34/h5-12,14-15,20-21,29H,2-4,13,16-18,35H2,1H3,(H,36,40)(H,37,39). The van der Waals surface area contributed by atoms with Gasteiger partial charge in [0.25, 0.3) is 11.8 Å². The summed E-state index contributed by atoms with van der Waals surface area (Å²) in [5.74, 6) is 0.0394. The molecule has 1 aliphatic carbocycles. The van der Waals surface area contributed by atoms with E-state index in [-0.39, 0.29) is 34.7 Å². The Labute approximate surface area is 250 Å². The first-order valence-corrected chi connectivity index (χ1v) is 14.8. The molecule has 1 heterocycles. The van der Waals surface area contributed by atoms with E-state index in [0.717, 1.165) is 36.8 Å². The molecule has 1 aliphatic heterocycles. The number of anilines is 2. The van der Waals surface area contributed by atoms with Crippen LogP contribution in [0.5, 0.6) is 0 Å². The summed E-state index contributed by atoms with van der Waals surface area (Å²) >= 11 is 12.6. The van der Waals surface area contributed by atoms with Gasteiger partial charge in [-0.1, -0.05) is 59.5 Å². The van der Waals surface area contributed by atoms with Gasteiger partial charge in [-0.25, -0.2) is 0 Å². The number of rotatable bonds is 6. The molecule has 41 heavy (non-hydrogen) atoms. The fourth-order valence-electron chi connectivity index (χ4n) is 5.86. The molecule has 3 aromatic rings. The highest BCUT2D eigenvalue weighted by Gasteiger charge is 2.35. The molecule has 1 saturated carbocycles. The fraction of sp³-hybridized carbons (Fsp3) is 0.344. The summed E-state index contributed by atoms with van der Waals surface area (Å²) in [4.78, 5) is 42.1. The van der Waals surface area contributed by atoms with Gasteiger partial charge in [0.1, 0.15) is 0 Å². The zero-order valence-corrected chi connectivity index (χ0v) is 24.5. The molecular weight excluding hydrogens is 559 g/mol. The topological polar surface area (TPSA) is 105 Å². The lowest BCUT2D eigenvalue weighted by Gasteiger charge is -2.31. The largest absolute Gasteiger partial charge is 0.352 e. The number of halogens is 2. The Hall–Kier alpha value is -3.39.